The SMILES string of the molecule is CCC(C)NCC(=O)N[C@@H](CC(=O)OC(C)(C)C)C(=O)O. The second-order valence-electron chi connectivity index (χ2n) is 5.94. The van der Waals surface area contributed by atoms with E-state index in [2.05, 4.69) is 10.6 Å². The van der Waals surface area contributed by atoms with Gasteiger partial charge in [0.1, 0.15) is 11.6 Å². The first-order valence-corrected chi connectivity index (χ1v) is 7.02. The van der Waals surface area contributed by atoms with Crippen molar-refractivity contribution >= 4 is 17.8 Å². The third-order valence-corrected chi connectivity index (χ3v) is 2.65. The predicted molar refractivity (Wildman–Crippen MR) is 77.8 cm³/mol. The molecule has 0 spiro atoms. The lowest BCUT2D eigenvalue weighted by molar-refractivity contribution is -0.158. The minimum atomic E-state index is -1.29. The summed E-state index contributed by atoms with van der Waals surface area (Å²) in [7, 11) is 0. The van der Waals surface area contributed by atoms with E-state index in [9.17, 15) is 14.4 Å². The Labute approximate surface area is 125 Å². The lowest BCUT2D eigenvalue weighted by Gasteiger charge is -2.21. The summed E-state index contributed by atoms with van der Waals surface area (Å²) in [5.74, 6) is -2.39. The minimum absolute atomic E-state index is 0.00705. The highest BCUT2D eigenvalue weighted by Crippen LogP contribution is 2.09. The largest absolute Gasteiger partial charge is 0.480 e. The Morgan fingerprint density at radius 1 is 1.24 bits per heavy atom. The van der Waals surface area contributed by atoms with E-state index in [0.29, 0.717) is 0 Å². The second kappa shape index (κ2) is 8.61. The van der Waals surface area contributed by atoms with Crippen molar-refractivity contribution in [3.8, 4) is 0 Å². The van der Waals surface area contributed by atoms with E-state index in [1.54, 1.807) is 20.8 Å². The number of carboxylic acids is 1. The van der Waals surface area contributed by atoms with Crippen LogP contribution in [0.1, 0.15) is 47.5 Å². The van der Waals surface area contributed by atoms with Gasteiger partial charge in [0.15, 0.2) is 0 Å². The van der Waals surface area contributed by atoms with E-state index in [1.165, 1.54) is 0 Å². The standard InChI is InChI=1S/C14H26N2O5/c1-6-9(2)15-8-11(17)16-10(13(19)20)7-12(18)21-14(3,4)5/h9-10,15H,6-8H2,1-5H3,(H,16,17)(H,19,20)/t9?,10-/m0/s1. The van der Waals surface area contributed by atoms with Crippen molar-refractivity contribution < 1.29 is 24.2 Å². The molecule has 0 aromatic carbocycles. The van der Waals surface area contributed by atoms with E-state index in [1.807, 2.05) is 13.8 Å². The number of aliphatic carboxylic acids is 1. The fourth-order valence-corrected chi connectivity index (χ4v) is 1.41. The topological polar surface area (TPSA) is 105 Å². The molecular formula is C14H26N2O5. The van der Waals surface area contributed by atoms with Crippen molar-refractivity contribution in [2.75, 3.05) is 6.54 Å². The first kappa shape index (κ1) is 19.4. The molecule has 0 heterocycles. The fourth-order valence-electron chi connectivity index (χ4n) is 1.41. The molecule has 122 valence electrons. The second-order valence-corrected chi connectivity index (χ2v) is 5.94. The summed E-state index contributed by atoms with van der Waals surface area (Å²) >= 11 is 0. The van der Waals surface area contributed by atoms with Crippen LogP contribution in [-0.4, -0.2) is 47.2 Å². The van der Waals surface area contributed by atoms with Crippen LogP contribution in [-0.2, 0) is 19.1 Å². The summed E-state index contributed by atoms with van der Waals surface area (Å²) in [5.41, 5.74) is -0.692. The number of esters is 1. The lowest BCUT2D eigenvalue weighted by atomic mass is 10.1. The molecule has 7 nitrogen and oxygen atoms in total. The van der Waals surface area contributed by atoms with Gasteiger partial charge in [0.05, 0.1) is 13.0 Å². The zero-order chi connectivity index (χ0) is 16.6. The van der Waals surface area contributed by atoms with Crippen molar-refractivity contribution in [2.24, 2.45) is 0 Å². The summed E-state index contributed by atoms with van der Waals surface area (Å²) in [4.78, 5) is 34.4. The normalized spacial score (nSPS) is 14.1. The molecule has 0 bridgehead atoms. The predicted octanol–water partition coefficient (Wildman–Crippen LogP) is 0.676. The maximum Gasteiger partial charge on any atom is 0.326 e. The molecule has 0 aliphatic carbocycles. The number of amides is 1. The Morgan fingerprint density at radius 3 is 2.24 bits per heavy atom. The van der Waals surface area contributed by atoms with Crippen LogP contribution in [0.5, 0.6) is 0 Å². The van der Waals surface area contributed by atoms with Crippen LogP contribution in [0.25, 0.3) is 0 Å². The van der Waals surface area contributed by atoms with Crippen molar-refractivity contribution in [1.82, 2.24) is 10.6 Å². The van der Waals surface area contributed by atoms with Gasteiger partial charge in [-0.1, -0.05) is 6.92 Å². The summed E-state index contributed by atoms with van der Waals surface area (Å²) < 4.78 is 5.05. The maximum absolute atomic E-state index is 11.7. The monoisotopic (exact) mass is 302 g/mol. The number of carbonyl (C=O) groups is 3. The molecule has 0 saturated heterocycles. The van der Waals surface area contributed by atoms with Gasteiger partial charge in [-0.25, -0.2) is 4.79 Å². The fraction of sp³-hybridized carbons (Fsp3) is 0.786. The highest BCUT2D eigenvalue weighted by Gasteiger charge is 2.26. The highest BCUT2D eigenvalue weighted by atomic mass is 16.6. The Kier molecular flexibility index (Phi) is 7.94. The molecule has 0 aromatic heterocycles. The molecule has 0 aromatic rings. The summed E-state index contributed by atoms with van der Waals surface area (Å²) in [6, 6.07) is -1.13. The molecule has 0 radical (unpaired) electrons. The van der Waals surface area contributed by atoms with Gasteiger partial charge >= 0.3 is 11.9 Å². The van der Waals surface area contributed by atoms with Gasteiger partial charge in [-0.15, -0.1) is 0 Å². The molecule has 0 aliphatic heterocycles. The van der Waals surface area contributed by atoms with Crippen LogP contribution in [0.3, 0.4) is 0 Å². The van der Waals surface area contributed by atoms with Crippen LogP contribution in [0.4, 0.5) is 0 Å². The van der Waals surface area contributed by atoms with Gasteiger partial charge in [0.25, 0.3) is 0 Å². The molecule has 0 fully saturated rings. The summed E-state index contributed by atoms with van der Waals surface area (Å²) in [6.45, 7) is 8.97. The van der Waals surface area contributed by atoms with Gasteiger partial charge in [0.2, 0.25) is 5.91 Å². The molecular weight excluding hydrogens is 276 g/mol. The number of hydrogen-bond donors (Lipinski definition) is 3. The Balaban J connectivity index is 4.40. The van der Waals surface area contributed by atoms with E-state index in [-0.39, 0.29) is 12.6 Å². The van der Waals surface area contributed by atoms with Crippen LogP contribution in [0.2, 0.25) is 0 Å². The molecule has 2 atom stereocenters. The Morgan fingerprint density at radius 2 is 1.81 bits per heavy atom. The average molecular weight is 302 g/mol. The van der Waals surface area contributed by atoms with E-state index in [0.717, 1.165) is 6.42 Å². The van der Waals surface area contributed by atoms with Gasteiger partial charge in [-0.05, 0) is 34.1 Å². The van der Waals surface area contributed by atoms with Gasteiger partial charge < -0.3 is 20.5 Å². The van der Waals surface area contributed by atoms with Gasteiger partial charge in [-0.2, -0.15) is 0 Å². The molecule has 0 rings (SSSR count). The number of carbonyl (C=O) groups excluding carboxylic acids is 2. The van der Waals surface area contributed by atoms with Crippen molar-refractivity contribution in [1.29, 1.82) is 0 Å². The number of hydrogen-bond acceptors (Lipinski definition) is 5. The van der Waals surface area contributed by atoms with Crippen LogP contribution >= 0.6 is 0 Å². The number of rotatable bonds is 8. The molecule has 0 aliphatic rings. The number of carboxylic acid groups (broad SMARTS) is 1. The van der Waals surface area contributed by atoms with E-state index >= 15 is 0 Å². The maximum atomic E-state index is 11.7. The Bertz CT molecular complexity index is 376. The van der Waals surface area contributed by atoms with Crippen LogP contribution < -0.4 is 10.6 Å². The zero-order valence-corrected chi connectivity index (χ0v) is 13.4. The number of nitrogens with one attached hydrogen (secondary N) is 2. The molecule has 21 heavy (non-hydrogen) atoms. The summed E-state index contributed by atoms with van der Waals surface area (Å²) in [6.07, 6.45) is 0.454. The van der Waals surface area contributed by atoms with E-state index in [4.69, 9.17) is 9.84 Å². The van der Waals surface area contributed by atoms with Gasteiger partial charge in [0, 0.05) is 6.04 Å². The molecule has 3 N–H and O–H groups in total. The van der Waals surface area contributed by atoms with E-state index < -0.39 is 35.9 Å². The first-order chi connectivity index (χ1) is 9.55. The minimum Gasteiger partial charge on any atom is -0.480 e. The molecule has 1 unspecified atom stereocenters. The van der Waals surface area contributed by atoms with Crippen LogP contribution in [0.15, 0.2) is 0 Å². The zero-order valence-electron chi connectivity index (χ0n) is 13.4. The molecule has 7 heteroatoms. The summed E-state index contributed by atoms with van der Waals surface area (Å²) in [5, 5.41) is 14.3. The third kappa shape index (κ3) is 9.84. The highest BCUT2D eigenvalue weighted by molar-refractivity contribution is 5.87. The Hall–Kier alpha value is -1.63. The van der Waals surface area contributed by atoms with Gasteiger partial charge in [-0.3, -0.25) is 9.59 Å². The third-order valence-electron chi connectivity index (χ3n) is 2.65. The first-order valence-electron chi connectivity index (χ1n) is 7.02. The molecule has 1 amide bonds. The van der Waals surface area contributed by atoms with Crippen molar-refractivity contribution in [3.63, 3.8) is 0 Å². The van der Waals surface area contributed by atoms with Crippen molar-refractivity contribution in [3.05, 3.63) is 0 Å². The van der Waals surface area contributed by atoms with Crippen LogP contribution in [0, 0.1) is 0 Å². The molecule has 0 saturated carbocycles. The smallest absolute Gasteiger partial charge is 0.326 e. The number of ether oxygens (including phenoxy) is 1. The van der Waals surface area contributed by atoms with Crippen molar-refractivity contribution in [2.45, 2.75) is 65.1 Å². The lowest BCUT2D eigenvalue weighted by Crippen LogP contribution is -2.47. The quantitative estimate of drug-likeness (QED) is 0.569. The average Bonchev–Trinajstić information content (AvgIpc) is 2.32.